The Kier molecular flexibility index (Phi) is 6.82. The number of likely N-dealkylation sites (tertiary alicyclic amines) is 1. The summed E-state index contributed by atoms with van der Waals surface area (Å²) in [5.74, 6) is 0.863. The van der Waals surface area contributed by atoms with Gasteiger partial charge < -0.3 is 20.0 Å². The van der Waals surface area contributed by atoms with Gasteiger partial charge in [0.2, 0.25) is 11.8 Å². The van der Waals surface area contributed by atoms with Crippen LogP contribution in [-0.4, -0.2) is 66.4 Å². The number of benzene rings is 1. The van der Waals surface area contributed by atoms with E-state index in [-0.39, 0.29) is 11.8 Å². The number of aromatic nitrogens is 1. The second-order valence-corrected chi connectivity index (χ2v) is 8.39. The lowest BCUT2D eigenvalue weighted by Crippen LogP contribution is -2.45. The molecular weight excluding hydrogens is 390 g/mol. The highest BCUT2D eigenvalue weighted by molar-refractivity contribution is 5.89. The van der Waals surface area contributed by atoms with Crippen molar-refractivity contribution < 1.29 is 9.59 Å². The number of pyridine rings is 1. The number of piperazine rings is 1. The molecule has 2 fully saturated rings. The number of carbonyl (C=O) groups excluding carboxylic acids is 2. The molecule has 1 atom stereocenters. The zero-order valence-electron chi connectivity index (χ0n) is 18.2. The van der Waals surface area contributed by atoms with Crippen molar-refractivity contribution in [1.82, 2.24) is 20.1 Å². The number of nitrogens with one attached hydrogen (secondary N) is 1. The largest absolute Gasteiger partial charge is 0.354 e. The highest BCUT2D eigenvalue weighted by Gasteiger charge is 2.32. The molecule has 4 rings (SSSR count). The maximum absolute atomic E-state index is 13.2. The van der Waals surface area contributed by atoms with Crippen molar-refractivity contribution in [3.8, 4) is 0 Å². The van der Waals surface area contributed by atoms with Crippen LogP contribution < -0.4 is 10.2 Å². The first-order valence-electron chi connectivity index (χ1n) is 11.1. The molecule has 2 amide bonds. The van der Waals surface area contributed by atoms with E-state index in [1.54, 1.807) is 11.1 Å². The standard InChI is InChI=1S/C24H31N5O2/c1-27-13-15-28(16-14-27)21-17-19(10-11-25-21)18-26-24(31)23(20-7-3-2-4-8-20)29-12-6-5-9-22(29)30/h2-4,7-8,10-11,17,23H,5-6,9,12-16,18H2,1H3,(H,26,31). The minimum Gasteiger partial charge on any atom is -0.354 e. The first-order valence-corrected chi connectivity index (χ1v) is 11.1. The number of nitrogens with zero attached hydrogens (tertiary/aromatic N) is 4. The van der Waals surface area contributed by atoms with Crippen LogP contribution in [0.3, 0.4) is 0 Å². The van der Waals surface area contributed by atoms with Crippen LogP contribution in [0.2, 0.25) is 0 Å². The SMILES string of the molecule is CN1CCN(c2cc(CNC(=O)C(c3ccccc3)N3CCCCC3=O)ccn2)CC1. The van der Waals surface area contributed by atoms with Crippen LogP contribution in [0.25, 0.3) is 0 Å². The lowest BCUT2D eigenvalue weighted by atomic mass is 10.0. The van der Waals surface area contributed by atoms with E-state index in [1.807, 2.05) is 36.4 Å². The summed E-state index contributed by atoms with van der Waals surface area (Å²) in [4.78, 5) is 36.7. The zero-order valence-corrected chi connectivity index (χ0v) is 18.2. The Morgan fingerprint density at radius 1 is 1.06 bits per heavy atom. The van der Waals surface area contributed by atoms with Crippen LogP contribution in [0.15, 0.2) is 48.7 Å². The third-order valence-corrected chi connectivity index (χ3v) is 6.14. The Labute approximate surface area is 184 Å². The second kappa shape index (κ2) is 9.92. The fraction of sp³-hybridized carbons (Fsp3) is 0.458. The van der Waals surface area contributed by atoms with Gasteiger partial charge in [-0.05, 0) is 43.1 Å². The van der Waals surface area contributed by atoms with Crippen molar-refractivity contribution in [2.75, 3.05) is 44.7 Å². The molecule has 0 radical (unpaired) electrons. The number of rotatable bonds is 6. The lowest BCUT2D eigenvalue weighted by molar-refractivity contribution is -0.142. The van der Waals surface area contributed by atoms with Crippen LogP contribution in [0.5, 0.6) is 0 Å². The van der Waals surface area contributed by atoms with E-state index in [0.717, 1.165) is 56.0 Å². The minimum atomic E-state index is -0.590. The van der Waals surface area contributed by atoms with Crippen molar-refractivity contribution in [3.63, 3.8) is 0 Å². The third kappa shape index (κ3) is 5.22. The Bertz CT molecular complexity index is 896. The van der Waals surface area contributed by atoms with Crippen molar-refractivity contribution in [2.24, 2.45) is 0 Å². The van der Waals surface area contributed by atoms with Gasteiger partial charge in [-0.3, -0.25) is 9.59 Å². The Hall–Kier alpha value is -2.93. The maximum Gasteiger partial charge on any atom is 0.247 e. The summed E-state index contributed by atoms with van der Waals surface area (Å²) in [6.45, 7) is 4.97. The van der Waals surface area contributed by atoms with Crippen LogP contribution in [0.1, 0.15) is 36.4 Å². The molecule has 3 heterocycles. The number of anilines is 1. The first kappa shape index (κ1) is 21.3. The molecule has 2 saturated heterocycles. The Morgan fingerprint density at radius 2 is 1.84 bits per heavy atom. The predicted molar refractivity (Wildman–Crippen MR) is 121 cm³/mol. The van der Waals surface area contributed by atoms with Gasteiger partial charge in [-0.1, -0.05) is 30.3 Å². The van der Waals surface area contributed by atoms with E-state index in [9.17, 15) is 9.59 Å². The van der Waals surface area contributed by atoms with E-state index >= 15 is 0 Å². The number of hydrogen-bond donors (Lipinski definition) is 1. The van der Waals surface area contributed by atoms with Crippen LogP contribution >= 0.6 is 0 Å². The monoisotopic (exact) mass is 421 g/mol. The van der Waals surface area contributed by atoms with E-state index in [2.05, 4.69) is 33.2 Å². The molecule has 0 bridgehead atoms. The highest BCUT2D eigenvalue weighted by Crippen LogP contribution is 2.26. The molecule has 31 heavy (non-hydrogen) atoms. The quantitative estimate of drug-likeness (QED) is 0.775. The molecule has 164 valence electrons. The molecule has 7 nitrogen and oxygen atoms in total. The van der Waals surface area contributed by atoms with Crippen molar-refractivity contribution >= 4 is 17.6 Å². The van der Waals surface area contributed by atoms with Gasteiger partial charge in [0, 0.05) is 51.9 Å². The van der Waals surface area contributed by atoms with Crippen molar-refractivity contribution in [3.05, 3.63) is 59.8 Å². The molecule has 2 aliphatic heterocycles. The van der Waals surface area contributed by atoms with Gasteiger partial charge in [0.25, 0.3) is 0 Å². The van der Waals surface area contributed by atoms with Gasteiger partial charge in [-0.25, -0.2) is 4.98 Å². The van der Waals surface area contributed by atoms with Crippen molar-refractivity contribution in [1.29, 1.82) is 0 Å². The molecular formula is C24H31N5O2. The number of carbonyl (C=O) groups is 2. The predicted octanol–water partition coefficient (Wildman–Crippen LogP) is 2.20. The van der Waals surface area contributed by atoms with E-state index in [0.29, 0.717) is 19.5 Å². The fourth-order valence-electron chi connectivity index (χ4n) is 4.27. The van der Waals surface area contributed by atoms with Gasteiger partial charge in [0.1, 0.15) is 11.9 Å². The molecule has 1 aromatic heterocycles. The number of amides is 2. The molecule has 1 aromatic carbocycles. The molecule has 0 aliphatic carbocycles. The normalized spacial score (nSPS) is 18.7. The van der Waals surface area contributed by atoms with E-state index < -0.39 is 6.04 Å². The lowest BCUT2D eigenvalue weighted by Gasteiger charge is -2.34. The second-order valence-electron chi connectivity index (χ2n) is 8.39. The molecule has 2 aliphatic rings. The molecule has 7 heteroatoms. The zero-order chi connectivity index (χ0) is 21.6. The Balaban J connectivity index is 1.45. The van der Waals surface area contributed by atoms with Gasteiger partial charge in [-0.15, -0.1) is 0 Å². The average Bonchev–Trinajstić information content (AvgIpc) is 2.80. The van der Waals surface area contributed by atoms with Gasteiger partial charge in [0.15, 0.2) is 0 Å². The summed E-state index contributed by atoms with van der Waals surface area (Å²) < 4.78 is 0. The van der Waals surface area contributed by atoms with Gasteiger partial charge >= 0.3 is 0 Å². The van der Waals surface area contributed by atoms with Crippen molar-refractivity contribution in [2.45, 2.75) is 31.8 Å². The highest BCUT2D eigenvalue weighted by atomic mass is 16.2. The molecule has 0 spiro atoms. The summed E-state index contributed by atoms with van der Waals surface area (Å²) in [6, 6.07) is 13.0. The third-order valence-electron chi connectivity index (χ3n) is 6.14. The Morgan fingerprint density at radius 3 is 2.58 bits per heavy atom. The number of likely N-dealkylation sites (N-methyl/N-ethyl adjacent to an activating group) is 1. The van der Waals surface area contributed by atoms with Crippen LogP contribution in [-0.2, 0) is 16.1 Å². The molecule has 1 N–H and O–H groups in total. The van der Waals surface area contributed by atoms with Gasteiger partial charge in [0.05, 0.1) is 0 Å². The number of piperidine rings is 1. The summed E-state index contributed by atoms with van der Waals surface area (Å²) in [5.41, 5.74) is 1.86. The first-order chi connectivity index (χ1) is 15.1. The van der Waals surface area contributed by atoms with E-state index in [4.69, 9.17) is 0 Å². The topological polar surface area (TPSA) is 68.8 Å². The van der Waals surface area contributed by atoms with Crippen LogP contribution in [0.4, 0.5) is 5.82 Å². The fourth-order valence-corrected chi connectivity index (χ4v) is 4.27. The smallest absolute Gasteiger partial charge is 0.247 e. The summed E-state index contributed by atoms with van der Waals surface area (Å²) in [7, 11) is 2.13. The molecule has 1 unspecified atom stereocenters. The summed E-state index contributed by atoms with van der Waals surface area (Å²) in [5, 5.41) is 3.07. The van der Waals surface area contributed by atoms with E-state index in [1.165, 1.54) is 0 Å². The minimum absolute atomic E-state index is 0.0523. The molecule has 0 saturated carbocycles. The number of hydrogen-bond acceptors (Lipinski definition) is 5. The molecule has 2 aromatic rings. The van der Waals surface area contributed by atoms with Gasteiger partial charge in [-0.2, -0.15) is 0 Å². The summed E-state index contributed by atoms with van der Waals surface area (Å²) >= 11 is 0. The summed E-state index contributed by atoms with van der Waals surface area (Å²) in [6.07, 6.45) is 4.14. The average molecular weight is 422 g/mol. The maximum atomic E-state index is 13.2. The van der Waals surface area contributed by atoms with Crippen LogP contribution in [0, 0.1) is 0 Å².